The van der Waals surface area contributed by atoms with E-state index in [-0.39, 0.29) is 17.7 Å². The summed E-state index contributed by atoms with van der Waals surface area (Å²) in [6, 6.07) is 1.43. The van der Waals surface area contributed by atoms with Gasteiger partial charge in [0, 0.05) is 24.0 Å². The van der Waals surface area contributed by atoms with Crippen LogP contribution in [0.25, 0.3) is 0 Å². The molecule has 1 aromatic heterocycles. The zero-order valence-corrected chi connectivity index (χ0v) is 13.1. The van der Waals surface area contributed by atoms with Gasteiger partial charge in [-0.1, -0.05) is 0 Å². The van der Waals surface area contributed by atoms with Gasteiger partial charge in [0.25, 0.3) is 0 Å². The maximum absolute atomic E-state index is 13.0. The van der Waals surface area contributed by atoms with Crippen LogP contribution in [0, 0.1) is 0 Å². The van der Waals surface area contributed by atoms with Gasteiger partial charge in [0.1, 0.15) is 0 Å². The van der Waals surface area contributed by atoms with Gasteiger partial charge in [0.2, 0.25) is 5.91 Å². The largest absolute Gasteiger partial charge is 0.465 e. The molecule has 0 fully saturated rings. The van der Waals surface area contributed by atoms with E-state index < -0.39 is 29.7 Å². The lowest BCUT2D eigenvalue weighted by atomic mass is 10.1. The number of aromatic amines is 1. The molecule has 2 aromatic rings. The fourth-order valence-corrected chi connectivity index (χ4v) is 2.06. The minimum atomic E-state index is -4.69. The van der Waals surface area contributed by atoms with Gasteiger partial charge in [0.15, 0.2) is 0 Å². The number of alkyl halides is 3. The number of ether oxygens (including phenoxy) is 1. The highest BCUT2D eigenvalue weighted by atomic mass is 19.4. The molecule has 1 atom stereocenters. The SMILES string of the molecule is COC(=O)c1cc(NC(=O)[C@@H](N)Cc2cnc[nH]2)cc(C(F)(F)F)c1. The molecule has 1 aromatic carbocycles. The van der Waals surface area contributed by atoms with Crippen LogP contribution >= 0.6 is 0 Å². The Morgan fingerprint density at radius 2 is 2.08 bits per heavy atom. The topological polar surface area (TPSA) is 110 Å². The summed E-state index contributed by atoms with van der Waals surface area (Å²) < 4.78 is 43.3. The molecular formula is C15H15F3N4O3. The summed E-state index contributed by atoms with van der Waals surface area (Å²) >= 11 is 0. The number of H-pyrrole nitrogens is 1. The average molecular weight is 356 g/mol. The number of amides is 1. The number of rotatable bonds is 5. The van der Waals surface area contributed by atoms with Crippen molar-refractivity contribution in [1.82, 2.24) is 9.97 Å². The highest BCUT2D eigenvalue weighted by Gasteiger charge is 2.32. The second-order valence-electron chi connectivity index (χ2n) is 5.17. The number of methoxy groups -OCH3 is 1. The second kappa shape index (κ2) is 7.34. The quantitative estimate of drug-likeness (QED) is 0.707. The number of nitrogens with two attached hydrogens (primary N) is 1. The fourth-order valence-electron chi connectivity index (χ4n) is 2.06. The van der Waals surface area contributed by atoms with Crippen LogP contribution in [0.3, 0.4) is 0 Å². The Hall–Kier alpha value is -2.88. The molecule has 0 saturated carbocycles. The van der Waals surface area contributed by atoms with Gasteiger partial charge in [-0.3, -0.25) is 4.79 Å². The van der Waals surface area contributed by atoms with E-state index in [1.807, 2.05) is 0 Å². The number of aromatic nitrogens is 2. The van der Waals surface area contributed by atoms with E-state index in [4.69, 9.17) is 5.73 Å². The number of carbonyl (C=O) groups excluding carboxylic acids is 2. The molecule has 134 valence electrons. The number of hydrogen-bond acceptors (Lipinski definition) is 5. The Morgan fingerprint density at radius 1 is 1.36 bits per heavy atom. The van der Waals surface area contributed by atoms with Crippen molar-refractivity contribution < 1.29 is 27.5 Å². The molecule has 0 bridgehead atoms. The van der Waals surface area contributed by atoms with Gasteiger partial charge in [-0.25, -0.2) is 9.78 Å². The fraction of sp³-hybridized carbons (Fsp3) is 0.267. The molecule has 25 heavy (non-hydrogen) atoms. The number of esters is 1. The number of benzene rings is 1. The first-order valence-electron chi connectivity index (χ1n) is 7.05. The maximum Gasteiger partial charge on any atom is 0.416 e. The number of anilines is 1. The van der Waals surface area contributed by atoms with Gasteiger partial charge in [-0.05, 0) is 18.2 Å². The first kappa shape index (κ1) is 18.5. The smallest absolute Gasteiger partial charge is 0.416 e. The number of halogens is 3. The zero-order chi connectivity index (χ0) is 18.6. The van der Waals surface area contributed by atoms with Crippen molar-refractivity contribution in [3.63, 3.8) is 0 Å². The molecule has 10 heteroatoms. The van der Waals surface area contributed by atoms with Gasteiger partial charge >= 0.3 is 12.1 Å². The molecule has 4 N–H and O–H groups in total. The highest BCUT2D eigenvalue weighted by molar-refractivity contribution is 5.97. The Morgan fingerprint density at radius 3 is 2.64 bits per heavy atom. The molecule has 0 aliphatic carbocycles. The molecule has 2 rings (SSSR count). The molecule has 0 saturated heterocycles. The highest BCUT2D eigenvalue weighted by Crippen LogP contribution is 2.32. The van der Waals surface area contributed by atoms with E-state index in [2.05, 4.69) is 20.0 Å². The summed E-state index contributed by atoms with van der Waals surface area (Å²) in [4.78, 5) is 30.2. The summed E-state index contributed by atoms with van der Waals surface area (Å²) in [5.41, 5.74) is 4.69. The lowest BCUT2D eigenvalue weighted by Gasteiger charge is -2.14. The van der Waals surface area contributed by atoms with Gasteiger partial charge in [-0.15, -0.1) is 0 Å². The van der Waals surface area contributed by atoms with Crippen LogP contribution in [0.15, 0.2) is 30.7 Å². The Kier molecular flexibility index (Phi) is 5.42. The number of carbonyl (C=O) groups is 2. The molecule has 0 spiro atoms. The van der Waals surface area contributed by atoms with Crippen LogP contribution in [0.4, 0.5) is 18.9 Å². The van der Waals surface area contributed by atoms with Crippen LogP contribution < -0.4 is 11.1 Å². The minimum absolute atomic E-state index is 0.120. The molecule has 1 heterocycles. The lowest BCUT2D eigenvalue weighted by molar-refractivity contribution is -0.137. The van der Waals surface area contributed by atoms with Crippen LogP contribution in [0.5, 0.6) is 0 Å². The van der Waals surface area contributed by atoms with E-state index in [1.54, 1.807) is 0 Å². The van der Waals surface area contributed by atoms with Crippen molar-refractivity contribution in [2.75, 3.05) is 12.4 Å². The van der Waals surface area contributed by atoms with E-state index in [0.717, 1.165) is 13.2 Å². The van der Waals surface area contributed by atoms with Gasteiger partial charge in [-0.2, -0.15) is 13.2 Å². The number of nitrogens with zero attached hydrogens (tertiary/aromatic N) is 1. The Labute approximate surface area is 140 Å². The van der Waals surface area contributed by atoms with Crippen LogP contribution in [-0.2, 0) is 22.1 Å². The van der Waals surface area contributed by atoms with E-state index in [1.165, 1.54) is 12.5 Å². The third-order valence-corrected chi connectivity index (χ3v) is 3.28. The molecule has 0 radical (unpaired) electrons. The molecule has 7 nitrogen and oxygen atoms in total. The molecule has 0 aliphatic rings. The minimum Gasteiger partial charge on any atom is -0.465 e. The monoisotopic (exact) mass is 356 g/mol. The first-order valence-corrected chi connectivity index (χ1v) is 7.05. The third kappa shape index (κ3) is 4.80. The number of imidazole rings is 1. The summed E-state index contributed by atoms with van der Waals surface area (Å²) in [7, 11) is 1.04. The van der Waals surface area contributed by atoms with Crippen LogP contribution in [0.2, 0.25) is 0 Å². The second-order valence-corrected chi connectivity index (χ2v) is 5.17. The normalized spacial score (nSPS) is 12.5. The summed E-state index contributed by atoms with van der Waals surface area (Å²) in [5, 5.41) is 2.28. The van der Waals surface area contributed by atoms with Crippen molar-refractivity contribution in [3.05, 3.63) is 47.5 Å². The molecule has 1 amide bonds. The van der Waals surface area contributed by atoms with E-state index in [0.29, 0.717) is 17.8 Å². The third-order valence-electron chi connectivity index (χ3n) is 3.28. The van der Waals surface area contributed by atoms with E-state index >= 15 is 0 Å². The summed E-state index contributed by atoms with van der Waals surface area (Å²) in [5.74, 6) is -1.66. The molecular weight excluding hydrogens is 341 g/mol. The average Bonchev–Trinajstić information content (AvgIpc) is 3.05. The Bertz CT molecular complexity index is 760. The summed E-state index contributed by atoms with van der Waals surface area (Å²) in [6.07, 6.45) is -1.68. The molecule has 0 unspecified atom stereocenters. The zero-order valence-electron chi connectivity index (χ0n) is 13.1. The summed E-state index contributed by atoms with van der Waals surface area (Å²) in [6.45, 7) is 0. The van der Waals surface area contributed by atoms with Crippen molar-refractivity contribution in [3.8, 4) is 0 Å². The van der Waals surface area contributed by atoms with Gasteiger partial charge < -0.3 is 20.8 Å². The predicted octanol–water partition coefficient (Wildman–Crippen LogP) is 1.72. The molecule has 0 aliphatic heterocycles. The van der Waals surface area contributed by atoms with E-state index in [9.17, 15) is 22.8 Å². The standard InChI is InChI=1S/C15H15F3N4O3/c1-25-14(24)8-2-9(15(16,17)18)4-10(3-8)22-13(23)12(19)5-11-6-20-7-21-11/h2-4,6-7,12H,5,19H2,1H3,(H,20,21)(H,22,23)/t12-/m0/s1. The van der Waals surface area contributed by atoms with Crippen LogP contribution in [-0.4, -0.2) is 35.0 Å². The maximum atomic E-state index is 13.0. The van der Waals surface area contributed by atoms with Gasteiger partial charge in [0.05, 0.1) is 30.6 Å². The van der Waals surface area contributed by atoms with Crippen molar-refractivity contribution in [1.29, 1.82) is 0 Å². The lowest BCUT2D eigenvalue weighted by Crippen LogP contribution is -2.37. The van der Waals surface area contributed by atoms with Crippen LogP contribution in [0.1, 0.15) is 21.6 Å². The first-order chi connectivity index (χ1) is 11.7. The number of hydrogen-bond donors (Lipinski definition) is 3. The Balaban J connectivity index is 2.22. The van der Waals surface area contributed by atoms with Crippen molar-refractivity contribution >= 4 is 17.6 Å². The van der Waals surface area contributed by atoms with Crippen molar-refractivity contribution in [2.45, 2.75) is 18.6 Å². The van der Waals surface area contributed by atoms with Crippen molar-refractivity contribution in [2.24, 2.45) is 5.73 Å². The number of nitrogens with one attached hydrogen (secondary N) is 2. The predicted molar refractivity (Wildman–Crippen MR) is 81.7 cm³/mol.